The first-order valence-electron chi connectivity index (χ1n) is 15.8. The summed E-state index contributed by atoms with van der Waals surface area (Å²) in [6.07, 6.45) is 2.83. The number of carbonyl (C=O) groups is 2. The average molecular weight is 632 g/mol. The van der Waals surface area contributed by atoms with Crippen LogP contribution in [-0.4, -0.2) is 124 Å². The zero-order chi connectivity index (χ0) is 33.3. The molecule has 13 heteroatoms. The van der Waals surface area contributed by atoms with Crippen LogP contribution >= 0.6 is 0 Å². The molecule has 2 saturated heterocycles. The predicted molar refractivity (Wildman–Crippen MR) is 170 cm³/mol. The van der Waals surface area contributed by atoms with Crippen molar-refractivity contribution in [1.29, 1.82) is 0 Å². The lowest BCUT2D eigenvalue weighted by Crippen LogP contribution is -2.62. The van der Waals surface area contributed by atoms with Gasteiger partial charge in [-0.25, -0.2) is 9.37 Å². The number of aliphatic hydroxyl groups excluding tert-OH is 1. The van der Waals surface area contributed by atoms with Crippen molar-refractivity contribution in [3.05, 3.63) is 35.9 Å². The fourth-order valence-electron chi connectivity index (χ4n) is 6.41. The van der Waals surface area contributed by atoms with Crippen LogP contribution in [0.25, 0.3) is 0 Å². The molecular formula is C32H50FN7O5. The summed E-state index contributed by atoms with van der Waals surface area (Å²) in [5.74, 6) is 0.615. The SMILES string of the molecule is CCN(C)C[C@H](O)CC(C(C)C)N1CC2(CCN(c3ncnnc3Oc3ccc(F)cc3C(=O)N(CC)C(C)C)C2)C1.O=CO. The molecule has 2 fully saturated rings. The molecule has 1 aromatic heterocycles. The number of carbonyl (C=O) groups excluding carboxylic acids is 1. The number of hydrogen-bond donors (Lipinski definition) is 2. The van der Waals surface area contributed by atoms with Gasteiger partial charge >= 0.3 is 0 Å². The molecule has 1 spiro atoms. The maximum absolute atomic E-state index is 14.3. The van der Waals surface area contributed by atoms with Crippen LogP contribution in [0.3, 0.4) is 0 Å². The molecule has 2 N–H and O–H groups in total. The Morgan fingerprint density at radius 2 is 1.87 bits per heavy atom. The highest BCUT2D eigenvalue weighted by molar-refractivity contribution is 5.97. The van der Waals surface area contributed by atoms with Gasteiger partial charge in [0.2, 0.25) is 0 Å². The summed E-state index contributed by atoms with van der Waals surface area (Å²) in [5, 5.41) is 25.8. The molecule has 2 aliphatic heterocycles. The Hall–Kier alpha value is -3.42. The van der Waals surface area contributed by atoms with Crippen molar-refractivity contribution in [2.75, 3.05) is 57.8 Å². The summed E-state index contributed by atoms with van der Waals surface area (Å²) in [4.78, 5) is 34.7. The van der Waals surface area contributed by atoms with Crippen molar-refractivity contribution in [3.63, 3.8) is 0 Å². The molecule has 1 amide bonds. The van der Waals surface area contributed by atoms with Crippen LogP contribution in [0.5, 0.6) is 11.6 Å². The van der Waals surface area contributed by atoms with E-state index in [1.165, 1.54) is 24.5 Å². The number of carboxylic acid groups (broad SMARTS) is 1. The molecule has 0 aliphatic carbocycles. The van der Waals surface area contributed by atoms with E-state index in [0.717, 1.165) is 45.6 Å². The van der Waals surface area contributed by atoms with Crippen molar-refractivity contribution in [1.82, 2.24) is 29.9 Å². The lowest BCUT2D eigenvalue weighted by atomic mass is 9.76. The summed E-state index contributed by atoms with van der Waals surface area (Å²) in [5.41, 5.74) is 0.276. The van der Waals surface area contributed by atoms with E-state index in [-0.39, 0.29) is 47.1 Å². The number of anilines is 1. The molecule has 45 heavy (non-hydrogen) atoms. The van der Waals surface area contributed by atoms with E-state index in [2.05, 4.69) is 50.7 Å². The Labute approximate surface area is 266 Å². The van der Waals surface area contributed by atoms with Gasteiger partial charge in [0.1, 0.15) is 17.9 Å². The highest BCUT2D eigenvalue weighted by Gasteiger charge is 2.50. The van der Waals surface area contributed by atoms with Gasteiger partial charge in [0, 0.05) is 56.8 Å². The second-order valence-electron chi connectivity index (χ2n) is 12.8. The van der Waals surface area contributed by atoms with E-state index in [4.69, 9.17) is 14.6 Å². The van der Waals surface area contributed by atoms with E-state index in [0.29, 0.717) is 30.9 Å². The van der Waals surface area contributed by atoms with Crippen molar-refractivity contribution in [2.45, 2.75) is 72.6 Å². The number of aromatic nitrogens is 3. The van der Waals surface area contributed by atoms with Crippen LogP contribution in [0.4, 0.5) is 10.2 Å². The van der Waals surface area contributed by atoms with Gasteiger partial charge in [-0.2, -0.15) is 0 Å². The van der Waals surface area contributed by atoms with Crippen LogP contribution in [0.1, 0.15) is 64.7 Å². The second-order valence-corrected chi connectivity index (χ2v) is 12.8. The summed E-state index contributed by atoms with van der Waals surface area (Å²) < 4.78 is 20.4. The normalized spacial score (nSPS) is 17.2. The quantitative estimate of drug-likeness (QED) is 0.314. The number of benzene rings is 1. The fourth-order valence-corrected chi connectivity index (χ4v) is 6.41. The minimum Gasteiger partial charge on any atom is -0.483 e. The summed E-state index contributed by atoms with van der Waals surface area (Å²) in [7, 11) is 2.04. The fraction of sp³-hybridized carbons (Fsp3) is 0.656. The van der Waals surface area contributed by atoms with Gasteiger partial charge in [-0.15, -0.1) is 10.2 Å². The molecule has 1 unspecified atom stereocenters. The monoisotopic (exact) mass is 631 g/mol. The Bertz CT molecular complexity index is 1260. The Balaban J connectivity index is 0.00000177. The van der Waals surface area contributed by atoms with E-state index in [1.54, 1.807) is 4.90 Å². The molecule has 1 aromatic carbocycles. The summed E-state index contributed by atoms with van der Waals surface area (Å²) in [6.45, 7) is 17.7. The molecule has 250 valence electrons. The first kappa shape index (κ1) is 36.1. The van der Waals surface area contributed by atoms with Crippen LogP contribution in [0, 0.1) is 17.2 Å². The molecule has 2 aromatic rings. The standard InChI is InChI=1S/C31H48FN7O3.CH2O2/c1-8-36(7)16-24(40)15-26(21(3)4)38-18-31(19-38)12-13-37(17-31)28-29(35-34-20-33-28)42-27-11-10-23(32)14-25(27)30(41)39(9-2)22(5)6;2-1-3/h10-11,14,20-22,24,26,40H,8-9,12-13,15-19H2,1-7H3;1H,(H,2,3)/t24-,26?;/m1./s1. The minimum atomic E-state index is -0.511. The molecule has 2 atom stereocenters. The van der Waals surface area contributed by atoms with Gasteiger partial charge in [-0.05, 0) is 71.3 Å². The third-order valence-corrected chi connectivity index (χ3v) is 8.80. The third kappa shape index (κ3) is 9.08. The summed E-state index contributed by atoms with van der Waals surface area (Å²) in [6, 6.07) is 4.22. The van der Waals surface area contributed by atoms with Crippen LogP contribution in [0.15, 0.2) is 24.5 Å². The molecular weight excluding hydrogens is 581 g/mol. The number of hydrogen-bond acceptors (Lipinski definition) is 10. The molecule has 0 saturated carbocycles. The largest absolute Gasteiger partial charge is 0.483 e. The molecule has 4 rings (SSSR count). The van der Waals surface area contributed by atoms with Crippen molar-refractivity contribution >= 4 is 18.2 Å². The van der Waals surface area contributed by atoms with E-state index < -0.39 is 5.82 Å². The smallest absolute Gasteiger partial charge is 0.290 e. The summed E-state index contributed by atoms with van der Waals surface area (Å²) >= 11 is 0. The maximum atomic E-state index is 14.3. The van der Waals surface area contributed by atoms with Gasteiger partial charge in [0.05, 0.1) is 11.7 Å². The van der Waals surface area contributed by atoms with Gasteiger partial charge in [0.25, 0.3) is 18.3 Å². The average Bonchev–Trinajstić information content (AvgIpc) is 3.42. The van der Waals surface area contributed by atoms with Crippen LogP contribution < -0.4 is 9.64 Å². The Kier molecular flexibility index (Phi) is 13.0. The van der Waals surface area contributed by atoms with Gasteiger partial charge in [-0.1, -0.05) is 20.8 Å². The minimum absolute atomic E-state index is 0.0496. The number of ether oxygens (including phenoxy) is 1. The number of halogens is 1. The number of nitrogens with zero attached hydrogens (tertiary/aromatic N) is 7. The predicted octanol–water partition coefficient (Wildman–Crippen LogP) is 3.61. The Morgan fingerprint density at radius 1 is 1.18 bits per heavy atom. The molecule has 0 radical (unpaired) electrons. The van der Waals surface area contributed by atoms with Crippen molar-refractivity contribution in [2.24, 2.45) is 11.3 Å². The van der Waals surface area contributed by atoms with Gasteiger partial charge in [0.15, 0.2) is 5.82 Å². The van der Waals surface area contributed by atoms with Crippen molar-refractivity contribution in [3.8, 4) is 11.6 Å². The first-order chi connectivity index (χ1) is 21.4. The van der Waals surface area contributed by atoms with Gasteiger partial charge in [-0.3, -0.25) is 14.5 Å². The number of rotatable bonds is 13. The highest BCUT2D eigenvalue weighted by atomic mass is 19.1. The lowest BCUT2D eigenvalue weighted by Gasteiger charge is -2.53. The van der Waals surface area contributed by atoms with E-state index in [9.17, 15) is 14.3 Å². The van der Waals surface area contributed by atoms with Crippen LogP contribution in [-0.2, 0) is 4.79 Å². The molecule has 0 bridgehead atoms. The van der Waals surface area contributed by atoms with Crippen molar-refractivity contribution < 1.29 is 28.9 Å². The molecule has 12 nitrogen and oxygen atoms in total. The Morgan fingerprint density at radius 3 is 2.47 bits per heavy atom. The zero-order valence-corrected chi connectivity index (χ0v) is 27.7. The number of likely N-dealkylation sites (N-methyl/N-ethyl adjacent to an activating group) is 1. The van der Waals surface area contributed by atoms with E-state index in [1.807, 2.05) is 27.8 Å². The van der Waals surface area contributed by atoms with Crippen LogP contribution in [0.2, 0.25) is 0 Å². The van der Waals surface area contributed by atoms with E-state index >= 15 is 0 Å². The maximum Gasteiger partial charge on any atom is 0.290 e. The first-order valence-corrected chi connectivity index (χ1v) is 15.8. The number of likely N-dealkylation sites (tertiary alicyclic amines) is 1. The topological polar surface area (TPSA) is 135 Å². The molecule has 2 aliphatic rings. The highest BCUT2D eigenvalue weighted by Crippen LogP contribution is 2.44. The zero-order valence-electron chi connectivity index (χ0n) is 27.7. The van der Waals surface area contributed by atoms with Gasteiger partial charge < -0.3 is 29.6 Å². The third-order valence-electron chi connectivity index (χ3n) is 8.80. The molecule has 3 heterocycles. The number of amides is 1. The second kappa shape index (κ2) is 16.2. The lowest BCUT2D eigenvalue weighted by molar-refractivity contribution is -0.122. The number of aliphatic hydroxyl groups is 1.